The molecule has 0 unspecified atom stereocenters. The molecule has 25 heavy (non-hydrogen) atoms. The fraction of sp³-hybridized carbons (Fsp3) is 0.158. The molecular weight excluding hydrogens is 342 g/mol. The summed E-state index contributed by atoms with van der Waals surface area (Å²) < 4.78 is 32.1. The highest BCUT2D eigenvalue weighted by molar-refractivity contribution is 7.98. The van der Waals surface area contributed by atoms with E-state index in [1.165, 1.54) is 17.8 Å². The third kappa shape index (κ3) is 4.76. The molecule has 128 valence electrons. The Balaban J connectivity index is 1.76. The minimum Gasteiger partial charge on any atom is -0.439 e. The number of nitrogens with zero attached hydrogens (tertiary/aromatic N) is 2. The third-order valence-electron chi connectivity index (χ3n) is 3.41. The van der Waals surface area contributed by atoms with Crippen LogP contribution in [0.4, 0.5) is 8.78 Å². The first-order valence-electron chi connectivity index (χ1n) is 7.81. The number of thioether (sulfide) groups is 1. The highest BCUT2D eigenvalue weighted by Crippen LogP contribution is 2.25. The maximum Gasteiger partial charge on any atom is 0.223 e. The lowest BCUT2D eigenvalue weighted by Crippen LogP contribution is -1.97. The summed E-state index contributed by atoms with van der Waals surface area (Å²) in [7, 11) is 0. The fourth-order valence-corrected chi connectivity index (χ4v) is 2.95. The molecule has 0 amide bonds. The SMILES string of the molecule is CCc1cc(Oc2ccccc2)nc(SCc2ccc(F)c(F)c2)n1. The Morgan fingerprint density at radius 3 is 2.48 bits per heavy atom. The van der Waals surface area contributed by atoms with Crippen molar-refractivity contribution in [3.8, 4) is 11.6 Å². The summed E-state index contributed by atoms with van der Waals surface area (Å²) in [5, 5.41) is 0.537. The van der Waals surface area contributed by atoms with Crippen LogP contribution in [0.5, 0.6) is 11.6 Å². The van der Waals surface area contributed by atoms with Crippen molar-refractivity contribution in [1.82, 2.24) is 9.97 Å². The second-order valence-corrected chi connectivity index (χ2v) is 6.23. The summed E-state index contributed by atoms with van der Waals surface area (Å²) in [5.74, 6) is -0.105. The van der Waals surface area contributed by atoms with Gasteiger partial charge in [-0.3, -0.25) is 0 Å². The van der Waals surface area contributed by atoms with E-state index in [4.69, 9.17) is 4.74 Å². The molecule has 0 fully saturated rings. The van der Waals surface area contributed by atoms with E-state index >= 15 is 0 Å². The zero-order valence-electron chi connectivity index (χ0n) is 13.6. The molecule has 3 aromatic rings. The van der Waals surface area contributed by atoms with Gasteiger partial charge in [0.15, 0.2) is 16.8 Å². The van der Waals surface area contributed by atoms with Crippen LogP contribution in [0.2, 0.25) is 0 Å². The van der Waals surface area contributed by atoms with Gasteiger partial charge in [-0.05, 0) is 36.2 Å². The van der Waals surface area contributed by atoms with E-state index in [0.29, 0.717) is 28.1 Å². The van der Waals surface area contributed by atoms with Crippen LogP contribution in [0.25, 0.3) is 0 Å². The molecular formula is C19H16F2N2OS. The fourth-order valence-electron chi connectivity index (χ4n) is 2.13. The molecule has 2 aromatic carbocycles. The van der Waals surface area contributed by atoms with Crippen LogP contribution in [0.3, 0.4) is 0 Å². The number of ether oxygens (including phenoxy) is 1. The molecule has 3 nitrogen and oxygen atoms in total. The van der Waals surface area contributed by atoms with Gasteiger partial charge in [-0.1, -0.05) is 43.0 Å². The van der Waals surface area contributed by atoms with Gasteiger partial charge in [0.25, 0.3) is 0 Å². The summed E-state index contributed by atoms with van der Waals surface area (Å²) in [4.78, 5) is 8.85. The Kier molecular flexibility index (Phi) is 5.60. The van der Waals surface area contributed by atoms with Crippen molar-refractivity contribution in [2.24, 2.45) is 0 Å². The minimum atomic E-state index is -0.852. The van der Waals surface area contributed by atoms with Crippen molar-refractivity contribution < 1.29 is 13.5 Å². The van der Waals surface area contributed by atoms with E-state index in [1.807, 2.05) is 37.3 Å². The Bertz CT molecular complexity index is 859. The van der Waals surface area contributed by atoms with Crippen LogP contribution in [0, 0.1) is 11.6 Å². The number of hydrogen-bond donors (Lipinski definition) is 0. The summed E-state index contributed by atoms with van der Waals surface area (Å²) in [6, 6.07) is 15.0. The number of aryl methyl sites for hydroxylation is 1. The first-order chi connectivity index (χ1) is 12.1. The van der Waals surface area contributed by atoms with Crippen molar-refractivity contribution in [1.29, 1.82) is 0 Å². The van der Waals surface area contributed by atoms with Crippen LogP contribution < -0.4 is 4.74 Å². The molecule has 0 radical (unpaired) electrons. The first kappa shape index (κ1) is 17.4. The molecule has 0 N–H and O–H groups in total. The van der Waals surface area contributed by atoms with Gasteiger partial charge in [0.05, 0.1) is 0 Å². The van der Waals surface area contributed by atoms with Gasteiger partial charge >= 0.3 is 0 Å². The maximum atomic E-state index is 13.3. The van der Waals surface area contributed by atoms with Gasteiger partial charge in [0.2, 0.25) is 5.88 Å². The summed E-state index contributed by atoms with van der Waals surface area (Å²) in [6.45, 7) is 2.00. The molecule has 0 spiro atoms. The average Bonchev–Trinajstić information content (AvgIpc) is 2.63. The second kappa shape index (κ2) is 8.07. The van der Waals surface area contributed by atoms with Gasteiger partial charge in [-0.25, -0.2) is 13.8 Å². The van der Waals surface area contributed by atoms with Crippen LogP contribution >= 0.6 is 11.8 Å². The lowest BCUT2D eigenvalue weighted by Gasteiger charge is -2.08. The lowest BCUT2D eigenvalue weighted by atomic mass is 10.2. The van der Waals surface area contributed by atoms with Crippen molar-refractivity contribution in [2.75, 3.05) is 0 Å². The third-order valence-corrected chi connectivity index (χ3v) is 4.33. The monoisotopic (exact) mass is 358 g/mol. The molecule has 6 heteroatoms. The Morgan fingerprint density at radius 2 is 1.76 bits per heavy atom. The number of para-hydroxylation sites is 1. The topological polar surface area (TPSA) is 35.0 Å². The molecule has 1 heterocycles. The van der Waals surface area contributed by atoms with E-state index in [9.17, 15) is 8.78 Å². The van der Waals surface area contributed by atoms with E-state index in [1.54, 1.807) is 12.1 Å². The van der Waals surface area contributed by atoms with Crippen LogP contribution in [-0.4, -0.2) is 9.97 Å². The van der Waals surface area contributed by atoms with Gasteiger partial charge in [0.1, 0.15) is 5.75 Å². The largest absolute Gasteiger partial charge is 0.439 e. The summed E-state index contributed by atoms with van der Waals surface area (Å²) in [6.07, 6.45) is 0.742. The van der Waals surface area contributed by atoms with Crippen LogP contribution in [0.15, 0.2) is 59.8 Å². The number of benzene rings is 2. The molecule has 0 saturated carbocycles. The predicted octanol–water partition coefficient (Wildman–Crippen LogP) is 5.40. The quantitative estimate of drug-likeness (QED) is 0.436. The number of aromatic nitrogens is 2. The van der Waals surface area contributed by atoms with Gasteiger partial charge in [-0.15, -0.1) is 0 Å². The zero-order chi connectivity index (χ0) is 17.6. The van der Waals surface area contributed by atoms with Gasteiger partial charge in [0, 0.05) is 17.5 Å². The standard InChI is InChI=1S/C19H16F2N2OS/c1-2-14-11-18(24-15-6-4-3-5-7-15)23-19(22-14)25-12-13-8-9-16(20)17(21)10-13/h3-11H,2,12H2,1H3. The normalized spacial score (nSPS) is 10.7. The van der Waals surface area contributed by atoms with Crippen LogP contribution in [0.1, 0.15) is 18.2 Å². The molecule has 0 aliphatic rings. The molecule has 0 aliphatic carbocycles. The van der Waals surface area contributed by atoms with Crippen molar-refractivity contribution in [3.05, 3.63) is 77.5 Å². The summed E-state index contributed by atoms with van der Waals surface area (Å²) >= 11 is 1.35. The molecule has 0 atom stereocenters. The highest BCUT2D eigenvalue weighted by atomic mass is 32.2. The molecule has 0 aliphatic heterocycles. The zero-order valence-corrected chi connectivity index (χ0v) is 14.4. The summed E-state index contributed by atoms with van der Waals surface area (Å²) in [5.41, 5.74) is 1.52. The maximum absolute atomic E-state index is 13.3. The molecule has 0 bridgehead atoms. The minimum absolute atomic E-state index is 0.440. The van der Waals surface area contributed by atoms with E-state index in [0.717, 1.165) is 18.2 Å². The second-order valence-electron chi connectivity index (χ2n) is 5.29. The number of halogens is 2. The molecule has 0 saturated heterocycles. The Labute approximate surface area is 149 Å². The van der Waals surface area contributed by atoms with Crippen molar-refractivity contribution >= 4 is 11.8 Å². The Hall–Kier alpha value is -2.47. The highest BCUT2D eigenvalue weighted by Gasteiger charge is 2.08. The van der Waals surface area contributed by atoms with E-state index in [-0.39, 0.29) is 0 Å². The number of hydrogen-bond acceptors (Lipinski definition) is 4. The Morgan fingerprint density at radius 1 is 0.960 bits per heavy atom. The average molecular weight is 358 g/mol. The van der Waals surface area contributed by atoms with Crippen molar-refractivity contribution in [3.63, 3.8) is 0 Å². The first-order valence-corrected chi connectivity index (χ1v) is 8.80. The van der Waals surface area contributed by atoms with E-state index in [2.05, 4.69) is 9.97 Å². The number of rotatable bonds is 6. The van der Waals surface area contributed by atoms with E-state index < -0.39 is 11.6 Å². The molecule has 3 rings (SSSR count). The predicted molar refractivity (Wildman–Crippen MR) is 93.8 cm³/mol. The van der Waals surface area contributed by atoms with Crippen LogP contribution in [-0.2, 0) is 12.2 Å². The van der Waals surface area contributed by atoms with Gasteiger partial charge < -0.3 is 4.74 Å². The van der Waals surface area contributed by atoms with Crippen molar-refractivity contribution in [2.45, 2.75) is 24.3 Å². The van der Waals surface area contributed by atoms with Gasteiger partial charge in [-0.2, -0.15) is 4.98 Å². The molecule has 1 aromatic heterocycles. The lowest BCUT2D eigenvalue weighted by molar-refractivity contribution is 0.454. The smallest absolute Gasteiger partial charge is 0.223 e.